The van der Waals surface area contributed by atoms with Crippen LogP contribution in [-0.2, 0) is 6.42 Å². The van der Waals surface area contributed by atoms with Crippen molar-refractivity contribution in [2.45, 2.75) is 38.5 Å². The summed E-state index contributed by atoms with van der Waals surface area (Å²) in [5.74, 6) is 0.206. The van der Waals surface area contributed by atoms with Crippen molar-refractivity contribution in [2.75, 3.05) is 19.6 Å². The van der Waals surface area contributed by atoms with Crippen molar-refractivity contribution in [1.82, 2.24) is 10.2 Å². The number of hydrogen-bond donors (Lipinski definition) is 1. The molecule has 2 nitrogen and oxygen atoms in total. The maximum absolute atomic E-state index is 12.8. The summed E-state index contributed by atoms with van der Waals surface area (Å²) in [6.07, 6.45) is -3.37. The number of piperazine rings is 1. The first-order valence-electron chi connectivity index (χ1n) is 7.43. The van der Waals surface area contributed by atoms with Crippen molar-refractivity contribution in [3.8, 4) is 0 Å². The van der Waals surface area contributed by atoms with Crippen LogP contribution in [0.2, 0.25) is 0 Å². The van der Waals surface area contributed by atoms with Crippen LogP contribution in [0.15, 0.2) is 30.3 Å². The molecule has 1 heterocycles. The van der Waals surface area contributed by atoms with E-state index in [2.05, 4.69) is 5.32 Å². The summed E-state index contributed by atoms with van der Waals surface area (Å²) in [5, 5.41) is 3.41. The minimum atomic E-state index is -4.14. The molecule has 2 rings (SSSR count). The zero-order valence-electron chi connectivity index (χ0n) is 12.5. The van der Waals surface area contributed by atoms with E-state index >= 15 is 0 Å². The van der Waals surface area contributed by atoms with Crippen LogP contribution in [0.25, 0.3) is 0 Å². The lowest BCUT2D eigenvalue weighted by molar-refractivity contribution is -0.156. The van der Waals surface area contributed by atoms with Crippen LogP contribution >= 0.6 is 0 Å². The maximum atomic E-state index is 12.8. The van der Waals surface area contributed by atoms with Gasteiger partial charge in [-0.15, -0.1) is 0 Å². The molecule has 1 fully saturated rings. The Kier molecular flexibility index (Phi) is 5.27. The Morgan fingerprint density at radius 1 is 1.24 bits per heavy atom. The van der Waals surface area contributed by atoms with Crippen LogP contribution in [0.1, 0.15) is 19.4 Å². The van der Waals surface area contributed by atoms with E-state index in [1.165, 1.54) is 0 Å². The van der Waals surface area contributed by atoms with E-state index in [4.69, 9.17) is 0 Å². The highest BCUT2D eigenvalue weighted by molar-refractivity contribution is 5.16. The zero-order chi connectivity index (χ0) is 15.5. The molecule has 1 saturated heterocycles. The molecular weight excluding hydrogens is 277 g/mol. The van der Waals surface area contributed by atoms with Gasteiger partial charge in [0.1, 0.15) is 0 Å². The number of halogens is 3. The normalized spacial score (nSPS) is 24.5. The van der Waals surface area contributed by atoms with Gasteiger partial charge in [0.15, 0.2) is 0 Å². The summed E-state index contributed by atoms with van der Waals surface area (Å²) in [6.45, 7) is 4.20. The Labute approximate surface area is 124 Å². The van der Waals surface area contributed by atoms with E-state index in [0.717, 1.165) is 12.0 Å². The van der Waals surface area contributed by atoms with Gasteiger partial charge in [-0.3, -0.25) is 4.90 Å². The van der Waals surface area contributed by atoms with Crippen molar-refractivity contribution < 1.29 is 13.2 Å². The second-order valence-electron chi connectivity index (χ2n) is 6.15. The predicted octanol–water partition coefficient (Wildman–Crippen LogP) is 3.09. The van der Waals surface area contributed by atoms with E-state index in [1.54, 1.807) is 4.90 Å². The van der Waals surface area contributed by atoms with Crippen LogP contribution in [0.4, 0.5) is 13.2 Å². The minimum absolute atomic E-state index is 0.0568. The highest BCUT2D eigenvalue weighted by Gasteiger charge is 2.38. The Morgan fingerprint density at radius 2 is 1.90 bits per heavy atom. The van der Waals surface area contributed by atoms with Crippen molar-refractivity contribution in [1.29, 1.82) is 0 Å². The first kappa shape index (κ1) is 16.3. The van der Waals surface area contributed by atoms with Gasteiger partial charge in [0.2, 0.25) is 0 Å². The summed E-state index contributed by atoms with van der Waals surface area (Å²) in [7, 11) is 0. The van der Waals surface area contributed by atoms with Crippen LogP contribution < -0.4 is 5.32 Å². The fraction of sp³-hybridized carbons (Fsp3) is 0.625. The first-order valence-corrected chi connectivity index (χ1v) is 7.43. The molecule has 0 bridgehead atoms. The first-order chi connectivity index (χ1) is 9.85. The zero-order valence-corrected chi connectivity index (χ0v) is 12.5. The SMILES string of the molecule is CC(C)C1CNC(Cc2ccccc2)CN1CC(F)(F)F. The minimum Gasteiger partial charge on any atom is -0.311 e. The number of nitrogens with one attached hydrogen (secondary N) is 1. The molecule has 0 radical (unpaired) electrons. The lowest BCUT2D eigenvalue weighted by atomic mass is 9.96. The third kappa shape index (κ3) is 5.00. The van der Waals surface area contributed by atoms with Crippen molar-refractivity contribution in [3.05, 3.63) is 35.9 Å². The van der Waals surface area contributed by atoms with Crippen LogP contribution in [0, 0.1) is 5.92 Å². The topological polar surface area (TPSA) is 15.3 Å². The summed E-state index contributed by atoms with van der Waals surface area (Å²) < 4.78 is 38.3. The van der Waals surface area contributed by atoms with Gasteiger partial charge in [-0.1, -0.05) is 44.2 Å². The average molecular weight is 300 g/mol. The molecule has 1 aliphatic rings. The summed E-state index contributed by atoms with van der Waals surface area (Å²) in [6, 6.07) is 9.92. The third-order valence-electron chi connectivity index (χ3n) is 4.02. The maximum Gasteiger partial charge on any atom is 0.401 e. The largest absolute Gasteiger partial charge is 0.401 e. The van der Waals surface area contributed by atoms with Crippen molar-refractivity contribution in [3.63, 3.8) is 0 Å². The monoisotopic (exact) mass is 300 g/mol. The lowest BCUT2D eigenvalue weighted by Gasteiger charge is -2.42. The van der Waals surface area contributed by atoms with E-state index in [-0.39, 0.29) is 18.0 Å². The van der Waals surface area contributed by atoms with Gasteiger partial charge < -0.3 is 5.32 Å². The van der Waals surface area contributed by atoms with E-state index in [1.807, 2.05) is 44.2 Å². The molecule has 118 valence electrons. The van der Waals surface area contributed by atoms with Gasteiger partial charge >= 0.3 is 6.18 Å². The quantitative estimate of drug-likeness (QED) is 0.919. The predicted molar refractivity (Wildman–Crippen MR) is 78.2 cm³/mol. The summed E-state index contributed by atoms with van der Waals surface area (Å²) >= 11 is 0. The standard InChI is InChI=1S/C16H23F3N2/c1-12(2)15-9-20-14(8-13-6-4-3-5-7-13)10-21(15)11-16(17,18)19/h3-7,12,14-15,20H,8-11H2,1-2H3. The van der Waals surface area contributed by atoms with Gasteiger partial charge in [0.05, 0.1) is 6.54 Å². The van der Waals surface area contributed by atoms with Crippen LogP contribution in [-0.4, -0.2) is 42.8 Å². The molecule has 5 heteroatoms. The van der Waals surface area contributed by atoms with Gasteiger partial charge in [-0.05, 0) is 17.9 Å². The van der Waals surface area contributed by atoms with Gasteiger partial charge in [-0.2, -0.15) is 13.2 Å². The molecule has 0 saturated carbocycles. The highest BCUT2D eigenvalue weighted by Crippen LogP contribution is 2.23. The number of hydrogen-bond acceptors (Lipinski definition) is 2. The molecule has 2 unspecified atom stereocenters. The van der Waals surface area contributed by atoms with E-state index < -0.39 is 12.7 Å². The molecule has 0 spiro atoms. The molecule has 1 aliphatic heterocycles. The Morgan fingerprint density at radius 3 is 2.48 bits per heavy atom. The fourth-order valence-corrected chi connectivity index (χ4v) is 3.00. The highest BCUT2D eigenvalue weighted by atomic mass is 19.4. The second kappa shape index (κ2) is 6.79. The molecular formula is C16H23F3N2. The Hall–Kier alpha value is -1.07. The molecule has 0 aromatic heterocycles. The smallest absolute Gasteiger partial charge is 0.311 e. The average Bonchev–Trinajstić information content (AvgIpc) is 2.37. The molecule has 1 N–H and O–H groups in total. The van der Waals surface area contributed by atoms with E-state index in [9.17, 15) is 13.2 Å². The molecule has 21 heavy (non-hydrogen) atoms. The number of rotatable bonds is 4. The molecule has 1 aromatic rings. The van der Waals surface area contributed by atoms with Gasteiger partial charge in [-0.25, -0.2) is 0 Å². The van der Waals surface area contributed by atoms with Crippen LogP contribution in [0.5, 0.6) is 0 Å². The molecule has 1 aromatic carbocycles. The molecule has 0 amide bonds. The van der Waals surface area contributed by atoms with Crippen molar-refractivity contribution in [2.24, 2.45) is 5.92 Å². The fourth-order valence-electron chi connectivity index (χ4n) is 3.00. The van der Waals surface area contributed by atoms with Crippen LogP contribution in [0.3, 0.4) is 0 Å². The summed E-state index contributed by atoms with van der Waals surface area (Å²) in [4.78, 5) is 1.59. The van der Waals surface area contributed by atoms with Gasteiger partial charge in [0, 0.05) is 25.2 Å². The Bertz CT molecular complexity index is 431. The van der Waals surface area contributed by atoms with E-state index in [0.29, 0.717) is 13.1 Å². The van der Waals surface area contributed by atoms with Gasteiger partial charge in [0.25, 0.3) is 0 Å². The summed E-state index contributed by atoms with van der Waals surface area (Å²) in [5.41, 5.74) is 1.16. The molecule has 2 atom stereocenters. The molecule has 0 aliphatic carbocycles. The Balaban J connectivity index is 2.01. The third-order valence-corrected chi connectivity index (χ3v) is 4.02. The number of alkyl halides is 3. The lowest BCUT2D eigenvalue weighted by Crippen LogP contribution is -2.60. The number of nitrogens with zero attached hydrogens (tertiary/aromatic N) is 1. The second-order valence-corrected chi connectivity index (χ2v) is 6.15. The number of benzene rings is 1. The van der Waals surface area contributed by atoms with Crippen molar-refractivity contribution >= 4 is 0 Å².